The van der Waals surface area contributed by atoms with E-state index in [2.05, 4.69) is 42.0 Å². The topological polar surface area (TPSA) is 8.81 Å². The summed E-state index contributed by atoms with van der Waals surface area (Å²) >= 11 is 0. The average molecular weight is 245 g/mol. The molecule has 13 heavy (non-hydrogen) atoms. The first kappa shape index (κ1) is 12.4. The average Bonchev–Trinajstić information content (AvgIpc) is 2.38. The van der Waals surface area contributed by atoms with Crippen LogP contribution in [0.15, 0.2) is 25.0 Å². The van der Waals surface area contributed by atoms with Crippen molar-refractivity contribution in [1.82, 2.24) is 4.57 Å². The molecule has 0 aliphatic heterocycles. The highest BCUT2D eigenvalue weighted by Gasteiger charge is 2.08. The van der Waals surface area contributed by atoms with E-state index in [1.807, 2.05) is 6.08 Å². The highest BCUT2D eigenvalue weighted by Crippen LogP contribution is 1.95. The predicted octanol–water partition coefficient (Wildman–Crippen LogP) is -1.32. The van der Waals surface area contributed by atoms with E-state index in [9.17, 15) is 0 Å². The summed E-state index contributed by atoms with van der Waals surface area (Å²) in [5, 5.41) is 0. The van der Waals surface area contributed by atoms with E-state index in [0.717, 1.165) is 13.1 Å². The van der Waals surface area contributed by atoms with E-state index in [1.54, 1.807) is 0 Å². The molecule has 0 saturated carbocycles. The normalized spacial score (nSPS) is 9.38. The van der Waals surface area contributed by atoms with Gasteiger partial charge in [0.05, 0.1) is 6.54 Å². The highest BCUT2D eigenvalue weighted by atomic mass is 79.9. The molecule has 3 heteroatoms. The Kier molecular flexibility index (Phi) is 5.71. The Morgan fingerprint density at radius 3 is 2.85 bits per heavy atom. The third-order valence-corrected chi connectivity index (χ3v) is 2.05. The summed E-state index contributed by atoms with van der Waals surface area (Å²) in [6.45, 7) is 10.1. The van der Waals surface area contributed by atoms with Crippen molar-refractivity contribution in [1.29, 1.82) is 0 Å². The molecule has 0 bridgehead atoms. The van der Waals surface area contributed by atoms with Crippen molar-refractivity contribution in [3.63, 3.8) is 0 Å². The quantitative estimate of drug-likeness (QED) is 0.460. The second kappa shape index (κ2) is 5.97. The molecule has 0 spiro atoms. The lowest BCUT2D eigenvalue weighted by Crippen LogP contribution is -3.00. The Morgan fingerprint density at radius 2 is 2.31 bits per heavy atom. The minimum atomic E-state index is 0. The van der Waals surface area contributed by atoms with Crippen LogP contribution in [0, 0.1) is 6.92 Å². The van der Waals surface area contributed by atoms with Crippen LogP contribution in [0.1, 0.15) is 19.2 Å². The van der Waals surface area contributed by atoms with Gasteiger partial charge in [-0.3, -0.25) is 0 Å². The first-order chi connectivity index (χ1) is 5.79. The fourth-order valence-electron chi connectivity index (χ4n) is 1.35. The van der Waals surface area contributed by atoms with E-state index >= 15 is 0 Å². The summed E-state index contributed by atoms with van der Waals surface area (Å²) in [5.74, 6) is 1.30. The Balaban J connectivity index is 0.00000144. The molecule has 74 valence electrons. The Bertz CT molecular complexity index is 266. The third kappa shape index (κ3) is 2.99. The zero-order valence-corrected chi connectivity index (χ0v) is 9.92. The molecule has 0 N–H and O–H groups in total. The van der Waals surface area contributed by atoms with Gasteiger partial charge in [0.2, 0.25) is 0 Å². The van der Waals surface area contributed by atoms with Gasteiger partial charge < -0.3 is 17.0 Å². The van der Waals surface area contributed by atoms with Crippen LogP contribution in [0.2, 0.25) is 0 Å². The van der Waals surface area contributed by atoms with Gasteiger partial charge in [0.15, 0.2) is 0 Å². The maximum atomic E-state index is 3.72. The first-order valence-corrected chi connectivity index (χ1v) is 4.45. The smallest absolute Gasteiger partial charge is 0.253 e. The van der Waals surface area contributed by atoms with E-state index in [1.165, 1.54) is 12.2 Å². The zero-order chi connectivity index (χ0) is 8.97. The van der Waals surface area contributed by atoms with Gasteiger partial charge >= 0.3 is 0 Å². The number of aryl methyl sites for hydroxylation is 1. The van der Waals surface area contributed by atoms with Crippen molar-refractivity contribution in [3.05, 3.63) is 30.9 Å². The lowest BCUT2D eigenvalue weighted by molar-refractivity contribution is -0.692. The second-order valence-electron chi connectivity index (χ2n) is 2.98. The summed E-state index contributed by atoms with van der Waals surface area (Å²) < 4.78 is 4.46. The summed E-state index contributed by atoms with van der Waals surface area (Å²) in [6, 6.07) is 0. The second-order valence-corrected chi connectivity index (χ2v) is 2.98. The minimum Gasteiger partial charge on any atom is -1.00 e. The van der Waals surface area contributed by atoms with Gasteiger partial charge in [-0.2, -0.15) is 0 Å². The van der Waals surface area contributed by atoms with Crippen LogP contribution in [0.3, 0.4) is 0 Å². The lowest BCUT2D eigenvalue weighted by Gasteiger charge is -1.96. The van der Waals surface area contributed by atoms with Gasteiger partial charge in [0.1, 0.15) is 18.9 Å². The summed E-state index contributed by atoms with van der Waals surface area (Å²) in [7, 11) is 0. The molecule has 2 nitrogen and oxygen atoms in total. The summed E-state index contributed by atoms with van der Waals surface area (Å²) in [4.78, 5) is 0. The van der Waals surface area contributed by atoms with Crippen LogP contribution in [-0.2, 0) is 13.1 Å². The minimum absolute atomic E-state index is 0. The molecule has 0 atom stereocenters. The van der Waals surface area contributed by atoms with Crippen molar-refractivity contribution in [2.75, 3.05) is 0 Å². The van der Waals surface area contributed by atoms with E-state index in [4.69, 9.17) is 0 Å². The van der Waals surface area contributed by atoms with Crippen molar-refractivity contribution >= 4 is 0 Å². The fourth-order valence-corrected chi connectivity index (χ4v) is 1.35. The molecule has 1 aromatic rings. The number of allylic oxidation sites excluding steroid dienone is 1. The monoisotopic (exact) mass is 244 g/mol. The number of rotatable bonds is 4. The number of hydrogen-bond donors (Lipinski definition) is 0. The molecule has 0 saturated heterocycles. The molecule has 1 rings (SSSR count). The van der Waals surface area contributed by atoms with Crippen LogP contribution < -0.4 is 21.5 Å². The molecule has 0 fully saturated rings. The molecular formula is C10H17BrN2. The molecule has 0 aliphatic carbocycles. The highest BCUT2D eigenvalue weighted by molar-refractivity contribution is 4.80. The zero-order valence-electron chi connectivity index (χ0n) is 8.33. The van der Waals surface area contributed by atoms with Gasteiger partial charge in [-0.1, -0.05) is 19.6 Å². The summed E-state index contributed by atoms with van der Waals surface area (Å²) in [6.07, 6.45) is 7.34. The van der Waals surface area contributed by atoms with Gasteiger partial charge in [-0.15, -0.1) is 0 Å². The van der Waals surface area contributed by atoms with Crippen LogP contribution in [0.25, 0.3) is 0 Å². The Hall–Kier alpha value is -0.570. The molecule has 0 amide bonds. The standard InChI is InChI=1S/C10H17N2.BrH/c1-4-6-11-8-9-12(7-5-2)10(11)3;/h4,8-9H,1,5-7H2,2-3H3;1H/q+1;/p-1. The molecular weight excluding hydrogens is 228 g/mol. The SMILES string of the molecule is C=CC[n+]1ccn(CCC)c1C.[Br-]. The van der Waals surface area contributed by atoms with E-state index in [0.29, 0.717) is 0 Å². The van der Waals surface area contributed by atoms with Crippen molar-refractivity contribution < 1.29 is 21.5 Å². The van der Waals surface area contributed by atoms with Crippen molar-refractivity contribution in [3.8, 4) is 0 Å². The lowest BCUT2D eigenvalue weighted by atomic mass is 10.4. The van der Waals surface area contributed by atoms with Crippen molar-refractivity contribution in [2.45, 2.75) is 33.4 Å². The van der Waals surface area contributed by atoms with Gasteiger partial charge in [0, 0.05) is 6.92 Å². The number of imidazole rings is 1. The van der Waals surface area contributed by atoms with Crippen LogP contribution in [-0.4, -0.2) is 4.57 Å². The number of halogens is 1. The largest absolute Gasteiger partial charge is 1.00 e. The Morgan fingerprint density at radius 1 is 1.62 bits per heavy atom. The van der Waals surface area contributed by atoms with E-state index in [-0.39, 0.29) is 17.0 Å². The Labute approximate surface area is 90.7 Å². The predicted molar refractivity (Wildman–Crippen MR) is 49.9 cm³/mol. The van der Waals surface area contributed by atoms with Crippen molar-refractivity contribution in [2.24, 2.45) is 0 Å². The maximum absolute atomic E-state index is 3.72. The van der Waals surface area contributed by atoms with E-state index < -0.39 is 0 Å². The molecule has 0 unspecified atom stereocenters. The molecule has 1 aromatic heterocycles. The number of aromatic nitrogens is 2. The van der Waals surface area contributed by atoms with Crippen LogP contribution >= 0.6 is 0 Å². The maximum Gasteiger partial charge on any atom is 0.253 e. The van der Waals surface area contributed by atoms with Gasteiger partial charge in [-0.05, 0) is 6.42 Å². The van der Waals surface area contributed by atoms with Crippen LogP contribution in [0.4, 0.5) is 0 Å². The first-order valence-electron chi connectivity index (χ1n) is 4.45. The van der Waals surface area contributed by atoms with Gasteiger partial charge in [0.25, 0.3) is 5.82 Å². The number of hydrogen-bond acceptors (Lipinski definition) is 0. The van der Waals surface area contributed by atoms with Gasteiger partial charge in [-0.25, -0.2) is 9.13 Å². The molecule has 1 heterocycles. The fraction of sp³-hybridized carbons (Fsp3) is 0.500. The summed E-state index contributed by atoms with van der Waals surface area (Å²) in [5.41, 5.74) is 0. The molecule has 0 aliphatic rings. The van der Waals surface area contributed by atoms with Crippen LogP contribution in [0.5, 0.6) is 0 Å². The molecule has 0 radical (unpaired) electrons. The molecule has 0 aromatic carbocycles. The third-order valence-electron chi connectivity index (χ3n) is 2.05. The number of nitrogens with zero attached hydrogens (tertiary/aromatic N) is 2.